The summed E-state index contributed by atoms with van der Waals surface area (Å²) in [6, 6.07) is 8.57. The second-order valence-corrected chi connectivity index (χ2v) is 7.05. The van der Waals surface area contributed by atoms with Gasteiger partial charge in [-0.2, -0.15) is 4.98 Å². The van der Waals surface area contributed by atoms with Crippen molar-refractivity contribution in [3.8, 4) is 0 Å². The Kier molecular flexibility index (Phi) is 5.42. The fraction of sp³-hybridized carbons (Fsp3) is 0.500. The highest BCUT2D eigenvalue weighted by atomic mass is 32.2. The highest BCUT2D eigenvalue weighted by Crippen LogP contribution is 2.22. The van der Waals surface area contributed by atoms with Gasteiger partial charge in [0.2, 0.25) is 5.89 Å². The summed E-state index contributed by atoms with van der Waals surface area (Å²) in [5.74, 6) is 2.20. The van der Waals surface area contributed by atoms with Crippen molar-refractivity contribution in [2.24, 2.45) is 0 Å². The van der Waals surface area contributed by atoms with Gasteiger partial charge in [-0.05, 0) is 38.5 Å². The molecule has 2 aromatic rings. The number of hydrogen-bond donors (Lipinski definition) is 1. The van der Waals surface area contributed by atoms with Gasteiger partial charge in [0.1, 0.15) is 0 Å². The predicted octanol–water partition coefficient (Wildman–Crippen LogP) is 3.81. The number of aromatic nitrogens is 2. The van der Waals surface area contributed by atoms with Crippen LogP contribution < -0.4 is 5.32 Å². The monoisotopic (exact) mass is 305 g/mol. The lowest BCUT2D eigenvalue weighted by Gasteiger charge is -2.20. The maximum atomic E-state index is 5.12. The Morgan fingerprint density at radius 1 is 1.29 bits per heavy atom. The zero-order chi connectivity index (χ0) is 15.3. The minimum absolute atomic E-state index is 0.129. The van der Waals surface area contributed by atoms with Crippen molar-refractivity contribution in [2.75, 3.05) is 0 Å². The zero-order valence-electron chi connectivity index (χ0n) is 13.1. The second-order valence-electron chi connectivity index (χ2n) is 6.00. The largest absolute Gasteiger partial charge is 0.339 e. The normalized spacial score (nSPS) is 11.8. The van der Waals surface area contributed by atoms with Crippen LogP contribution in [0.4, 0.5) is 0 Å². The van der Waals surface area contributed by atoms with Crippen LogP contribution in [0.15, 0.2) is 33.7 Å². The smallest absolute Gasteiger partial charge is 0.226 e. The molecule has 0 bridgehead atoms. The van der Waals surface area contributed by atoms with E-state index in [0.717, 1.165) is 24.5 Å². The van der Waals surface area contributed by atoms with E-state index >= 15 is 0 Å². The molecule has 114 valence electrons. The lowest BCUT2D eigenvalue weighted by molar-refractivity contribution is 0.378. The third-order valence-corrected chi connectivity index (χ3v) is 3.89. The fourth-order valence-electron chi connectivity index (χ4n) is 1.75. The average Bonchev–Trinajstić information content (AvgIpc) is 2.91. The summed E-state index contributed by atoms with van der Waals surface area (Å²) in [4.78, 5) is 5.55. The third kappa shape index (κ3) is 5.52. The molecule has 5 heteroatoms. The molecular weight excluding hydrogens is 282 g/mol. The Bertz CT molecular complexity index is 575. The lowest BCUT2D eigenvalue weighted by Crippen LogP contribution is -2.35. The van der Waals surface area contributed by atoms with Gasteiger partial charge < -0.3 is 9.84 Å². The van der Waals surface area contributed by atoms with Gasteiger partial charge >= 0.3 is 0 Å². The number of aryl methyl sites for hydroxylation is 1. The van der Waals surface area contributed by atoms with Crippen LogP contribution in [0.3, 0.4) is 0 Å². The molecule has 0 spiro atoms. The summed E-state index contributed by atoms with van der Waals surface area (Å²) in [7, 11) is 0. The van der Waals surface area contributed by atoms with Gasteiger partial charge in [-0.1, -0.05) is 24.2 Å². The van der Waals surface area contributed by atoms with Crippen LogP contribution >= 0.6 is 11.8 Å². The van der Waals surface area contributed by atoms with E-state index in [1.165, 1.54) is 10.5 Å². The Morgan fingerprint density at radius 2 is 2.10 bits per heavy atom. The first kappa shape index (κ1) is 16.0. The van der Waals surface area contributed by atoms with E-state index in [9.17, 15) is 0 Å². The van der Waals surface area contributed by atoms with Crippen LogP contribution in [-0.2, 0) is 18.7 Å². The first-order valence-electron chi connectivity index (χ1n) is 7.24. The van der Waals surface area contributed by atoms with E-state index < -0.39 is 0 Å². The quantitative estimate of drug-likeness (QED) is 0.822. The highest BCUT2D eigenvalue weighted by molar-refractivity contribution is 7.98. The molecule has 0 radical (unpaired) electrons. The van der Waals surface area contributed by atoms with E-state index in [0.29, 0.717) is 5.89 Å². The molecule has 0 aliphatic rings. The van der Waals surface area contributed by atoms with Crippen LogP contribution in [0, 0.1) is 0 Å². The average molecular weight is 305 g/mol. The maximum absolute atomic E-state index is 5.12. The SMILES string of the molecule is CCc1nc(CSc2cccc(CNC(C)(C)C)c2)no1. The summed E-state index contributed by atoms with van der Waals surface area (Å²) in [5.41, 5.74) is 1.42. The Labute approximate surface area is 130 Å². The highest BCUT2D eigenvalue weighted by Gasteiger charge is 2.09. The van der Waals surface area contributed by atoms with Gasteiger partial charge in [-0.25, -0.2) is 0 Å². The zero-order valence-corrected chi connectivity index (χ0v) is 14.0. The van der Waals surface area contributed by atoms with E-state index in [1.807, 2.05) is 6.92 Å². The van der Waals surface area contributed by atoms with Gasteiger partial charge in [0, 0.05) is 23.4 Å². The van der Waals surface area contributed by atoms with Gasteiger partial charge in [0.15, 0.2) is 5.82 Å². The maximum Gasteiger partial charge on any atom is 0.226 e. The molecule has 1 aromatic carbocycles. The van der Waals surface area contributed by atoms with Crippen molar-refractivity contribution in [1.82, 2.24) is 15.5 Å². The second kappa shape index (κ2) is 7.09. The van der Waals surface area contributed by atoms with E-state index in [1.54, 1.807) is 11.8 Å². The molecule has 4 nitrogen and oxygen atoms in total. The number of hydrogen-bond acceptors (Lipinski definition) is 5. The Morgan fingerprint density at radius 3 is 2.76 bits per heavy atom. The summed E-state index contributed by atoms with van der Waals surface area (Å²) in [6.07, 6.45) is 0.783. The Balaban J connectivity index is 1.91. The third-order valence-electron chi connectivity index (χ3n) is 2.90. The standard InChI is InChI=1S/C16H23N3OS/c1-5-15-18-14(19-20-15)11-21-13-8-6-7-12(9-13)10-17-16(2,3)4/h6-9,17H,5,10-11H2,1-4H3. The van der Waals surface area contributed by atoms with Crippen LogP contribution in [0.25, 0.3) is 0 Å². The van der Waals surface area contributed by atoms with Crippen molar-refractivity contribution in [3.05, 3.63) is 41.5 Å². The first-order chi connectivity index (χ1) is 9.96. The van der Waals surface area contributed by atoms with E-state index in [4.69, 9.17) is 4.52 Å². The van der Waals surface area contributed by atoms with Crippen molar-refractivity contribution >= 4 is 11.8 Å². The van der Waals surface area contributed by atoms with Crippen molar-refractivity contribution in [3.63, 3.8) is 0 Å². The minimum Gasteiger partial charge on any atom is -0.339 e. The number of rotatable bonds is 6. The van der Waals surface area contributed by atoms with Gasteiger partial charge in [-0.15, -0.1) is 11.8 Å². The molecule has 0 aliphatic heterocycles. The molecule has 1 aromatic heterocycles. The summed E-state index contributed by atoms with van der Waals surface area (Å²) in [5, 5.41) is 7.48. The molecule has 1 N–H and O–H groups in total. The first-order valence-corrected chi connectivity index (χ1v) is 8.23. The van der Waals surface area contributed by atoms with E-state index in [2.05, 4.69) is 60.5 Å². The molecule has 0 unspecified atom stereocenters. The van der Waals surface area contributed by atoms with Crippen LogP contribution in [0.1, 0.15) is 45.0 Å². The van der Waals surface area contributed by atoms with Crippen molar-refractivity contribution in [2.45, 2.75) is 56.8 Å². The minimum atomic E-state index is 0.129. The molecule has 0 aliphatic carbocycles. The summed E-state index contributed by atoms with van der Waals surface area (Å²) in [6.45, 7) is 9.41. The van der Waals surface area contributed by atoms with Gasteiger partial charge in [0.05, 0.1) is 5.75 Å². The molecule has 21 heavy (non-hydrogen) atoms. The fourth-order valence-corrected chi connectivity index (χ4v) is 2.58. The van der Waals surface area contributed by atoms with Crippen LogP contribution in [-0.4, -0.2) is 15.7 Å². The molecule has 0 saturated heterocycles. The van der Waals surface area contributed by atoms with Crippen LogP contribution in [0.5, 0.6) is 0 Å². The van der Waals surface area contributed by atoms with Gasteiger partial charge in [0.25, 0.3) is 0 Å². The van der Waals surface area contributed by atoms with E-state index in [-0.39, 0.29) is 5.54 Å². The summed E-state index contributed by atoms with van der Waals surface area (Å²) >= 11 is 1.73. The molecule has 0 atom stereocenters. The van der Waals surface area contributed by atoms with Crippen LogP contribution in [0.2, 0.25) is 0 Å². The summed E-state index contributed by atoms with van der Waals surface area (Å²) < 4.78 is 5.12. The number of benzene rings is 1. The molecule has 1 heterocycles. The molecule has 0 amide bonds. The number of nitrogens with zero attached hydrogens (tertiary/aromatic N) is 2. The molecule has 2 rings (SSSR count). The molecular formula is C16H23N3OS. The number of nitrogens with one attached hydrogen (secondary N) is 1. The molecule has 0 saturated carbocycles. The number of thioether (sulfide) groups is 1. The Hall–Kier alpha value is -1.33. The molecule has 0 fully saturated rings. The topological polar surface area (TPSA) is 51.0 Å². The van der Waals surface area contributed by atoms with Gasteiger partial charge in [-0.3, -0.25) is 0 Å². The lowest BCUT2D eigenvalue weighted by atomic mass is 10.1. The van der Waals surface area contributed by atoms with Crippen molar-refractivity contribution < 1.29 is 4.52 Å². The van der Waals surface area contributed by atoms with Crippen molar-refractivity contribution in [1.29, 1.82) is 0 Å². The predicted molar refractivity (Wildman–Crippen MR) is 86.3 cm³/mol.